The smallest absolute Gasteiger partial charge is 0.248 e. The topological polar surface area (TPSA) is 67.9 Å². The number of amides is 2. The molecule has 0 saturated carbocycles. The molecule has 3 rings (SSSR count). The minimum atomic E-state index is -0.248. The number of carbonyl (C=O) groups is 2. The first-order valence-corrected chi connectivity index (χ1v) is 9.90. The molecule has 1 heterocycles. The lowest BCUT2D eigenvalue weighted by molar-refractivity contribution is -0.117. The predicted molar refractivity (Wildman–Crippen MR) is 114 cm³/mol. The van der Waals surface area contributed by atoms with E-state index in [2.05, 4.69) is 5.32 Å². The quantitative estimate of drug-likeness (QED) is 0.679. The molecule has 0 atom stereocenters. The van der Waals surface area contributed by atoms with E-state index in [-0.39, 0.29) is 11.8 Å². The maximum Gasteiger partial charge on any atom is 0.248 e. The van der Waals surface area contributed by atoms with Gasteiger partial charge in [0.2, 0.25) is 11.8 Å². The lowest BCUT2D eigenvalue weighted by atomic mass is 10.2. The van der Waals surface area contributed by atoms with Crippen LogP contribution in [0.15, 0.2) is 48.5 Å². The van der Waals surface area contributed by atoms with Crippen LogP contribution in [0.25, 0.3) is 6.08 Å². The Hall–Kier alpha value is -3.28. The number of anilines is 2. The van der Waals surface area contributed by atoms with Gasteiger partial charge in [-0.3, -0.25) is 9.59 Å². The number of nitrogens with one attached hydrogen (secondary N) is 1. The van der Waals surface area contributed by atoms with E-state index in [1.54, 1.807) is 17.0 Å². The molecule has 1 N–H and O–H groups in total. The minimum Gasteiger partial charge on any atom is -0.490 e. The first-order valence-electron chi connectivity index (χ1n) is 9.90. The molecule has 0 aromatic heterocycles. The molecule has 0 unspecified atom stereocenters. The first-order chi connectivity index (χ1) is 14.1. The minimum absolute atomic E-state index is 0.119. The van der Waals surface area contributed by atoms with Crippen LogP contribution >= 0.6 is 0 Å². The van der Waals surface area contributed by atoms with Gasteiger partial charge in [0, 0.05) is 30.4 Å². The van der Waals surface area contributed by atoms with Crippen LogP contribution < -0.4 is 19.7 Å². The van der Waals surface area contributed by atoms with Gasteiger partial charge < -0.3 is 19.7 Å². The van der Waals surface area contributed by atoms with Crippen LogP contribution in [0.1, 0.15) is 32.3 Å². The Morgan fingerprint density at radius 1 is 1.10 bits per heavy atom. The number of ether oxygens (including phenoxy) is 2. The molecule has 1 fully saturated rings. The van der Waals surface area contributed by atoms with E-state index in [4.69, 9.17) is 9.47 Å². The Kier molecular flexibility index (Phi) is 6.89. The molecular weight excluding hydrogens is 368 g/mol. The Morgan fingerprint density at radius 3 is 2.62 bits per heavy atom. The molecule has 2 aromatic carbocycles. The average molecular weight is 394 g/mol. The van der Waals surface area contributed by atoms with Crippen LogP contribution in [0.5, 0.6) is 11.5 Å². The number of hydrogen-bond donors (Lipinski definition) is 1. The summed E-state index contributed by atoms with van der Waals surface area (Å²) in [6.07, 6.45) is 4.63. The summed E-state index contributed by atoms with van der Waals surface area (Å²) in [5, 5.41) is 2.84. The van der Waals surface area contributed by atoms with E-state index in [0.29, 0.717) is 36.8 Å². The van der Waals surface area contributed by atoms with E-state index >= 15 is 0 Å². The van der Waals surface area contributed by atoms with Gasteiger partial charge >= 0.3 is 0 Å². The summed E-state index contributed by atoms with van der Waals surface area (Å²) >= 11 is 0. The molecular formula is C23H26N2O4. The third kappa shape index (κ3) is 5.38. The summed E-state index contributed by atoms with van der Waals surface area (Å²) in [6, 6.07) is 12.9. The molecule has 1 aliphatic rings. The molecule has 1 aliphatic heterocycles. The zero-order valence-corrected chi connectivity index (χ0v) is 16.8. The highest BCUT2D eigenvalue weighted by Gasteiger charge is 2.21. The molecule has 0 aliphatic carbocycles. The molecule has 6 nitrogen and oxygen atoms in total. The third-order valence-corrected chi connectivity index (χ3v) is 4.49. The number of rotatable bonds is 8. The van der Waals surface area contributed by atoms with Crippen LogP contribution in [0.2, 0.25) is 0 Å². The zero-order valence-electron chi connectivity index (χ0n) is 16.8. The Labute approximate surface area is 171 Å². The van der Waals surface area contributed by atoms with Gasteiger partial charge in [0.15, 0.2) is 11.5 Å². The molecule has 2 amide bonds. The Bertz CT molecular complexity index is 908. The fourth-order valence-corrected chi connectivity index (χ4v) is 3.20. The van der Waals surface area contributed by atoms with Crippen LogP contribution in [0.4, 0.5) is 11.4 Å². The summed E-state index contributed by atoms with van der Waals surface area (Å²) in [5.41, 5.74) is 2.30. The summed E-state index contributed by atoms with van der Waals surface area (Å²) in [4.78, 5) is 26.0. The SMILES string of the molecule is CCOc1ccc(/C=C/C(=O)Nc2cccc(N3CCCC3=O)c2)cc1OCC. The van der Waals surface area contributed by atoms with Crippen molar-refractivity contribution in [3.05, 3.63) is 54.1 Å². The molecule has 1 saturated heterocycles. The van der Waals surface area contributed by atoms with Crippen molar-refractivity contribution >= 4 is 29.3 Å². The Morgan fingerprint density at radius 2 is 1.90 bits per heavy atom. The summed E-state index contributed by atoms with van der Waals surface area (Å²) in [6.45, 7) is 5.64. The van der Waals surface area contributed by atoms with Crippen molar-refractivity contribution in [3.63, 3.8) is 0 Å². The highest BCUT2D eigenvalue weighted by Crippen LogP contribution is 2.29. The van der Waals surface area contributed by atoms with E-state index in [1.807, 2.05) is 50.2 Å². The summed E-state index contributed by atoms with van der Waals surface area (Å²) < 4.78 is 11.2. The standard InChI is InChI=1S/C23H26N2O4/c1-3-28-20-12-10-17(15-21(20)29-4-2)11-13-22(26)24-18-7-5-8-19(16-18)25-14-6-9-23(25)27/h5,7-8,10-13,15-16H,3-4,6,9,14H2,1-2H3,(H,24,26)/b13-11+. The van der Waals surface area contributed by atoms with Gasteiger partial charge in [0.25, 0.3) is 0 Å². The molecule has 29 heavy (non-hydrogen) atoms. The highest BCUT2D eigenvalue weighted by molar-refractivity contribution is 6.02. The van der Waals surface area contributed by atoms with Crippen LogP contribution in [0, 0.1) is 0 Å². The second kappa shape index (κ2) is 9.78. The monoisotopic (exact) mass is 394 g/mol. The molecule has 6 heteroatoms. The first kappa shape index (κ1) is 20.5. The van der Waals surface area contributed by atoms with E-state index in [1.165, 1.54) is 6.08 Å². The largest absolute Gasteiger partial charge is 0.490 e. The fourth-order valence-electron chi connectivity index (χ4n) is 3.20. The second-order valence-electron chi connectivity index (χ2n) is 6.59. The van der Waals surface area contributed by atoms with Crippen molar-refractivity contribution in [1.29, 1.82) is 0 Å². The lowest BCUT2D eigenvalue weighted by Crippen LogP contribution is -2.23. The van der Waals surface area contributed by atoms with E-state index in [0.717, 1.165) is 24.2 Å². The van der Waals surface area contributed by atoms with Crippen molar-refractivity contribution in [2.45, 2.75) is 26.7 Å². The van der Waals surface area contributed by atoms with Crippen LogP contribution in [-0.2, 0) is 9.59 Å². The Balaban J connectivity index is 1.67. The van der Waals surface area contributed by atoms with Crippen molar-refractivity contribution in [2.24, 2.45) is 0 Å². The molecule has 0 spiro atoms. The normalized spacial score (nSPS) is 13.7. The van der Waals surface area contributed by atoms with Crippen molar-refractivity contribution in [3.8, 4) is 11.5 Å². The predicted octanol–water partition coefficient (Wildman–Crippen LogP) is 4.26. The molecule has 2 aromatic rings. The van der Waals surface area contributed by atoms with Crippen molar-refractivity contribution < 1.29 is 19.1 Å². The van der Waals surface area contributed by atoms with Gasteiger partial charge in [0.05, 0.1) is 13.2 Å². The zero-order chi connectivity index (χ0) is 20.6. The van der Waals surface area contributed by atoms with Gasteiger partial charge in [-0.15, -0.1) is 0 Å². The summed E-state index contributed by atoms with van der Waals surface area (Å²) in [7, 11) is 0. The number of hydrogen-bond acceptors (Lipinski definition) is 4. The van der Waals surface area contributed by atoms with Gasteiger partial charge in [-0.1, -0.05) is 12.1 Å². The van der Waals surface area contributed by atoms with Gasteiger partial charge in [0.1, 0.15) is 0 Å². The van der Waals surface area contributed by atoms with Gasteiger partial charge in [-0.2, -0.15) is 0 Å². The van der Waals surface area contributed by atoms with E-state index in [9.17, 15) is 9.59 Å². The van der Waals surface area contributed by atoms with Crippen molar-refractivity contribution in [1.82, 2.24) is 0 Å². The lowest BCUT2D eigenvalue weighted by Gasteiger charge is -2.16. The maximum atomic E-state index is 12.3. The highest BCUT2D eigenvalue weighted by atomic mass is 16.5. The van der Waals surface area contributed by atoms with Gasteiger partial charge in [-0.25, -0.2) is 0 Å². The summed E-state index contributed by atoms with van der Waals surface area (Å²) in [5.74, 6) is 1.21. The molecule has 0 radical (unpaired) electrons. The third-order valence-electron chi connectivity index (χ3n) is 4.49. The molecule has 0 bridgehead atoms. The average Bonchev–Trinajstić information content (AvgIpc) is 3.14. The van der Waals surface area contributed by atoms with Crippen LogP contribution in [-0.4, -0.2) is 31.6 Å². The van der Waals surface area contributed by atoms with Crippen molar-refractivity contribution in [2.75, 3.05) is 30.0 Å². The number of carbonyl (C=O) groups excluding carboxylic acids is 2. The molecule has 152 valence electrons. The number of nitrogens with zero attached hydrogens (tertiary/aromatic N) is 1. The second-order valence-corrected chi connectivity index (χ2v) is 6.59. The fraction of sp³-hybridized carbons (Fsp3) is 0.304. The number of benzene rings is 2. The maximum absolute atomic E-state index is 12.3. The van der Waals surface area contributed by atoms with Gasteiger partial charge in [-0.05, 0) is 62.2 Å². The van der Waals surface area contributed by atoms with Crippen LogP contribution in [0.3, 0.4) is 0 Å². The van der Waals surface area contributed by atoms with E-state index < -0.39 is 0 Å².